The minimum atomic E-state index is -0.170. The number of para-hydroxylation sites is 1. The van der Waals surface area contributed by atoms with Gasteiger partial charge in [0.2, 0.25) is 5.91 Å². The largest absolute Gasteiger partial charge is 0.382 e. The van der Waals surface area contributed by atoms with Crippen molar-refractivity contribution in [3.63, 3.8) is 0 Å². The highest BCUT2D eigenvalue weighted by Gasteiger charge is 2.25. The second-order valence-electron chi connectivity index (χ2n) is 4.45. The fraction of sp³-hybridized carbons (Fsp3) is 0.500. The van der Waals surface area contributed by atoms with E-state index < -0.39 is 0 Å². The van der Waals surface area contributed by atoms with Gasteiger partial charge in [-0.05, 0) is 11.6 Å². The number of ether oxygens (including phenoxy) is 2. The van der Waals surface area contributed by atoms with Gasteiger partial charge in [0.25, 0.3) is 0 Å². The standard InChI is InChI=1S/C14H20N2O3/c1-18-8-9-19-7-6-15-14(17)13-10-11-4-2-3-5-12(11)16-13/h2-5,13,16H,6-10H2,1H3,(H,15,17). The second kappa shape index (κ2) is 7.11. The van der Waals surface area contributed by atoms with Crippen molar-refractivity contribution in [3.05, 3.63) is 29.8 Å². The lowest BCUT2D eigenvalue weighted by Gasteiger charge is -2.12. The van der Waals surface area contributed by atoms with Crippen LogP contribution in [-0.4, -0.2) is 45.4 Å². The van der Waals surface area contributed by atoms with E-state index in [9.17, 15) is 4.79 Å². The molecule has 1 amide bonds. The van der Waals surface area contributed by atoms with Crippen molar-refractivity contribution < 1.29 is 14.3 Å². The smallest absolute Gasteiger partial charge is 0.242 e. The van der Waals surface area contributed by atoms with E-state index in [4.69, 9.17) is 9.47 Å². The Morgan fingerprint density at radius 2 is 2.21 bits per heavy atom. The molecule has 2 N–H and O–H groups in total. The Labute approximate surface area is 113 Å². The fourth-order valence-electron chi connectivity index (χ4n) is 2.07. The van der Waals surface area contributed by atoms with Crippen LogP contribution in [0.15, 0.2) is 24.3 Å². The van der Waals surface area contributed by atoms with Gasteiger partial charge in [0.15, 0.2) is 0 Å². The minimum absolute atomic E-state index is 0.0199. The lowest BCUT2D eigenvalue weighted by Crippen LogP contribution is -2.39. The number of rotatable bonds is 7. The summed E-state index contributed by atoms with van der Waals surface area (Å²) in [4.78, 5) is 11.9. The highest BCUT2D eigenvalue weighted by Crippen LogP contribution is 2.24. The summed E-state index contributed by atoms with van der Waals surface area (Å²) in [5, 5.41) is 6.09. The van der Waals surface area contributed by atoms with E-state index in [1.54, 1.807) is 7.11 Å². The number of methoxy groups -OCH3 is 1. The van der Waals surface area contributed by atoms with Gasteiger partial charge in [-0.15, -0.1) is 0 Å². The van der Waals surface area contributed by atoms with Crippen molar-refractivity contribution in [3.8, 4) is 0 Å². The van der Waals surface area contributed by atoms with Gasteiger partial charge in [0, 0.05) is 25.8 Å². The topological polar surface area (TPSA) is 59.6 Å². The Kier molecular flexibility index (Phi) is 5.18. The average Bonchev–Trinajstić information content (AvgIpc) is 2.86. The Morgan fingerprint density at radius 3 is 3.00 bits per heavy atom. The summed E-state index contributed by atoms with van der Waals surface area (Å²) >= 11 is 0. The van der Waals surface area contributed by atoms with Gasteiger partial charge in [-0.2, -0.15) is 0 Å². The molecule has 5 nitrogen and oxygen atoms in total. The molecule has 1 atom stereocenters. The first-order valence-corrected chi connectivity index (χ1v) is 6.50. The SMILES string of the molecule is COCCOCCNC(=O)C1Cc2ccccc2N1. The van der Waals surface area contributed by atoms with Gasteiger partial charge in [-0.3, -0.25) is 4.79 Å². The van der Waals surface area contributed by atoms with E-state index in [1.165, 1.54) is 5.56 Å². The molecule has 0 spiro atoms. The summed E-state index contributed by atoms with van der Waals surface area (Å²) in [5.74, 6) is 0.0199. The molecule has 0 fully saturated rings. The van der Waals surface area contributed by atoms with E-state index in [1.807, 2.05) is 24.3 Å². The molecule has 0 saturated heterocycles. The number of anilines is 1. The number of carbonyl (C=O) groups excluding carboxylic acids is 1. The highest BCUT2D eigenvalue weighted by atomic mass is 16.5. The van der Waals surface area contributed by atoms with Crippen LogP contribution in [0.3, 0.4) is 0 Å². The van der Waals surface area contributed by atoms with Crippen molar-refractivity contribution in [1.82, 2.24) is 5.32 Å². The Bertz CT molecular complexity index is 398. The van der Waals surface area contributed by atoms with E-state index in [2.05, 4.69) is 10.6 Å². The monoisotopic (exact) mass is 264 g/mol. The van der Waals surface area contributed by atoms with Crippen molar-refractivity contribution in [1.29, 1.82) is 0 Å². The zero-order valence-electron chi connectivity index (χ0n) is 11.1. The van der Waals surface area contributed by atoms with Gasteiger partial charge in [-0.1, -0.05) is 18.2 Å². The molecule has 1 aliphatic rings. The van der Waals surface area contributed by atoms with Crippen molar-refractivity contribution >= 4 is 11.6 Å². The molecule has 104 valence electrons. The molecule has 1 unspecified atom stereocenters. The first-order chi connectivity index (χ1) is 9.31. The van der Waals surface area contributed by atoms with Crippen molar-refractivity contribution in [2.45, 2.75) is 12.5 Å². The van der Waals surface area contributed by atoms with Crippen molar-refractivity contribution in [2.75, 3.05) is 38.8 Å². The quantitative estimate of drug-likeness (QED) is 0.715. The number of hydrogen-bond acceptors (Lipinski definition) is 4. The lowest BCUT2D eigenvalue weighted by atomic mass is 10.1. The predicted octanol–water partition coefficient (Wildman–Crippen LogP) is 0.802. The van der Waals surface area contributed by atoms with Crippen LogP contribution < -0.4 is 10.6 Å². The van der Waals surface area contributed by atoms with Crippen LogP contribution in [0.5, 0.6) is 0 Å². The molecule has 1 heterocycles. The van der Waals surface area contributed by atoms with E-state index in [0.29, 0.717) is 26.4 Å². The van der Waals surface area contributed by atoms with E-state index >= 15 is 0 Å². The first kappa shape index (κ1) is 13.8. The summed E-state index contributed by atoms with van der Waals surface area (Å²) < 4.78 is 10.2. The third-order valence-corrected chi connectivity index (χ3v) is 3.07. The number of hydrogen-bond donors (Lipinski definition) is 2. The summed E-state index contributed by atoms with van der Waals surface area (Å²) in [6, 6.07) is 7.83. The molecular formula is C14H20N2O3. The minimum Gasteiger partial charge on any atom is -0.382 e. The second-order valence-corrected chi connectivity index (χ2v) is 4.45. The Balaban J connectivity index is 1.66. The maximum absolute atomic E-state index is 11.9. The number of nitrogens with one attached hydrogen (secondary N) is 2. The highest BCUT2D eigenvalue weighted by molar-refractivity contribution is 5.87. The normalized spacial score (nSPS) is 16.8. The summed E-state index contributed by atoms with van der Waals surface area (Å²) in [7, 11) is 1.63. The van der Waals surface area contributed by atoms with Gasteiger partial charge < -0.3 is 20.1 Å². The lowest BCUT2D eigenvalue weighted by molar-refractivity contribution is -0.121. The van der Waals surface area contributed by atoms with Crippen LogP contribution in [0.1, 0.15) is 5.56 Å². The predicted molar refractivity (Wildman–Crippen MR) is 73.3 cm³/mol. The van der Waals surface area contributed by atoms with Crippen LogP contribution in [0.2, 0.25) is 0 Å². The molecule has 1 aromatic carbocycles. The molecule has 1 aromatic rings. The molecule has 5 heteroatoms. The molecular weight excluding hydrogens is 244 g/mol. The maximum atomic E-state index is 11.9. The Morgan fingerprint density at radius 1 is 1.37 bits per heavy atom. The molecule has 2 rings (SSSR count). The van der Waals surface area contributed by atoms with E-state index in [-0.39, 0.29) is 11.9 Å². The molecule has 0 aromatic heterocycles. The fourth-order valence-corrected chi connectivity index (χ4v) is 2.07. The number of fused-ring (bicyclic) bond motifs is 1. The van der Waals surface area contributed by atoms with Crippen LogP contribution in [0.4, 0.5) is 5.69 Å². The van der Waals surface area contributed by atoms with Crippen LogP contribution in [-0.2, 0) is 20.7 Å². The molecule has 19 heavy (non-hydrogen) atoms. The summed E-state index contributed by atoms with van der Waals surface area (Å²) in [6.07, 6.45) is 0.743. The summed E-state index contributed by atoms with van der Waals surface area (Å²) in [6.45, 7) is 2.17. The molecule has 0 radical (unpaired) electrons. The van der Waals surface area contributed by atoms with Gasteiger partial charge >= 0.3 is 0 Å². The molecule has 0 aliphatic carbocycles. The molecule has 1 aliphatic heterocycles. The zero-order chi connectivity index (χ0) is 13.5. The van der Waals surface area contributed by atoms with Crippen LogP contribution >= 0.6 is 0 Å². The number of carbonyl (C=O) groups is 1. The third-order valence-electron chi connectivity index (χ3n) is 3.07. The van der Waals surface area contributed by atoms with Crippen LogP contribution in [0.25, 0.3) is 0 Å². The van der Waals surface area contributed by atoms with Gasteiger partial charge in [0.05, 0.1) is 19.8 Å². The van der Waals surface area contributed by atoms with E-state index in [0.717, 1.165) is 12.1 Å². The molecule has 0 bridgehead atoms. The Hall–Kier alpha value is -1.59. The van der Waals surface area contributed by atoms with Crippen molar-refractivity contribution in [2.24, 2.45) is 0 Å². The van der Waals surface area contributed by atoms with Gasteiger partial charge in [0.1, 0.15) is 6.04 Å². The summed E-state index contributed by atoms with van der Waals surface area (Å²) in [5.41, 5.74) is 2.25. The maximum Gasteiger partial charge on any atom is 0.242 e. The average molecular weight is 264 g/mol. The first-order valence-electron chi connectivity index (χ1n) is 6.50. The zero-order valence-corrected chi connectivity index (χ0v) is 11.1. The van der Waals surface area contributed by atoms with Gasteiger partial charge in [-0.25, -0.2) is 0 Å². The van der Waals surface area contributed by atoms with Crippen LogP contribution in [0, 0.1) is 0 Å². The molecule has 0 saturated carbocycles. The number of amides is 1. The third kappa shape index (κ3) is 3.94. The number of benzene rings is 1.